The second-order valence-electron chi connectivity index (χ2n) is 6.77. The zero-order valence-electron chi connectivity index (χ0n) is 16.5. The zero-order valence-corrected chi connectivity index (χ0v) is 16.5. The molecule has 6 heteroatoms. The average Bonchev–Trinajstić information content (AvgIpc) is 3.21. The molecule has 1 aliphatic rings. The number of benzene rings is 2. The van der Waals surface area contributed by atoms with E-state index in [2.05, 4.69) is 10.6 Å². The van der Waals surface area contributed by atoms with Gasteiger partial charge in [-0.3, -0.25) is 0 Å². The number of methoxy groups -OCH3 is 1. The summed E-state index contributed by atoms with van der Waals surface area (Å²) < 4.78 is 16.9. The smallest absolute Gasteiger partial charge is 0.319 e. The fourth-order valence-electron chi connectivity index (χ4n) is 3.27. The summed E-state index contributed by atoms with van der Waals surface area (Å²) in [5.41, 5.74) is 1.66. The van der Waals surface area contributed by atoms with Gasteiger partial charge in [0.2, 0.25) is 0 Å². The molecular formula is C22H28N2O4. The third-order valence-electron chi connectivity index (χ3n) is 4.70. The highest BCUT2D eigenvalue weighted by Crippen LogP contribution is 2.32. The first-order valence-electron chi connectivity index (χ1n) is 9.79. The molecule has 0 aliphatic heterocycles. The van der Waals surface area contributed by atoms with Crippen LogP contribution in [0.4, 0.5) is 10.5 Å². The first-order valence-corrected chi connectivity index (χ1v) is 9.79. The molecule has 0 atom stereocenters. The van der Waals surface area contributed by atoms with E-state index < -0.39 is 0 Å². The molecule has 2 aromatic rings. The summed E-state index contributed by atoms with van der Waals surface area (Å²) in [6.07, 6.45) is 4.83. The monoisotopic (exact) mass is 384 g/mol. The largest absolute Gasteiger partial charge is 0.494 e. The summed E-state index contributed by atoms with van der Waals surface area (Å²) in [6, 6.07) is 12.8. The predicted octanol–water partition coefficient (Wildman–Crippen LogP) is 4.74. The highest BCUT2D eigenvalue weighted by molar-refractivity contribution is 5.89. The topological polar surface area (TPSA) is 68.8 Å². The molecular weight excluding hydrogens is 356 g/mol. The molecule has 2 N–H and O–H groups in total. The van der Waals surface area contributed by atoms with Gasteiger partial charge in [-0.2, -0.15) is 0 Å². The molecule has 28 heavy (non-hydrogen) atoms. The molecule has 2 aromatic carbocycles. The van der Waals surface area contributed by atoms with Gasteiger partial charge < -0.3 is 24.8 Å². The molecule has 0 radical (unpaired) electrons. The Bertz CT molecular complexity index is 771. The van der Waals surface area contributed by atoms with Gasteiger partial charge >= 0.3 is 6.03 Å². The van der Waals surface area contributed by atoms with Crippen molar-refractivity contribution in [2.45, 2.75) is 45.3 Å². The Morgan fingerprint density at radius 2 is 1.82 bits per heavy atom. The van der Waals surface area contributed by atoms with Crippen LogP contribution in [-0.2, 0) is 6.54 Å². The molecule has 0 bridgehead atoms. The number of hydrogen-bond acceptors (Lipinski definition) is 4. The normalized spacial score (nSPS) is 13.8. The van der Waals surface area contributed by atoms with Crippen LogP contribution < -0.4 is 24.8 Å². The standard InChI is InChI=1S/C22H28N2O4/c1-3-27-18-11-9-17(10-12-18)24-22(25)23-15-16-8-13-20(26-2)21(14-16)28-19-6-4-5-7-19/h8-14,19H,3-7,15H2,1-2H3,(H2,23,24,25). The van der Waals surface area contributed by atoms with Crippen molar-refractivity contribution in [3.05, 3.63) is 48.0 Å². The summed E-state index contributed by atoms with van der Waals surface area (Å²) in [5, 5.41) is 5.68. The van der Waals surface area contributed by atoms with Gasteiger partial charge in [-0.05, 0) is 74.6 Å². The highest BCUT2D eigenvalue weighted by Gasteiger charge is 2.18. The van der Waals surface area contributed by atoms with Crippen LogP contribution >= 0.6 is 0 Å². The maximum atomic E-state index is 12.2. The van der Waals surface area contributed by atoms with E-state index in [-0.39, 0.29) is 12.1 Å². The van der Waals surface area contributed by atoms with Crippen LogP contribution in [0.2, 0.25) is 0 Å². The zero-order chi connectivity index (χ0) is 19.8. The number of carbonyl (C=O) groups is 1. The molecule has 150 valence electrons. The van der Waals surface area contributed by atoms with Gasteiger partial charge in [0.15, 0.2) is 11.5 Å². The fraction of sp³-hybridized carbons (Fsp3) is 0.409. The summed E-state index contributed by atoms with van der Waals surface area (Å²) >= 11 is 0. The molecule has 0 heterocycles. The Labute approximate surface area is 166 Å². The second-order valence-corrected chi connectivity index (χ2v) is 6.77. The van der Waals surface area contributed by atoms with Crippen LogP contribution in [0.1, 0.15) is 38.2 Å². The Morgan fingerprint density at radius 1 is 1.07 bits per heavy atom. The number of anilines is 1. The van der Waals surface area contributed by atoms with E-state index in [4.69, 9.17) is 14.2 Å². The molecule has 0 aromatic heterocycles. The Hall–Kier alpha value is -2.89. The van der Waals surface area contributed by atoms with Gasteiger partial charge in [0.25, 0.3) is 0 Å². The molecule has 3 rings (SSSR count). The van der Waals surface area contributed by atoms with Crippen molar-refractivity contribution < 1.29 is 19.0 Å². The van der Waals surface area contributed by atoms with Crippen LogP contribution in [0.15, 0.2) is 42.5 Å². The van der Waals surface area contributed by atoms with E-state index in [1.807, 2.05) is 49.4 Å². The number of nitrogens with one attached hydrogen (secondary N) is 2. The molecule has 6 nitrogen and oxygen atoms in total. The van der Waals surface area contributed by atoms with Crippen LogP contribution in [0.5, 0.6) is 17.2 Å². The lowest BCUT2D eigenvalue weighted by Gasteiger charge is -2.17. The predicted molar refractivity (Wildman–Crippen MR) is 109 cm³/mol. The van der Waals surface area contributed by atoms with Crippen LogP contribution in [0.25, 0.3) is 0 Å². The lowest BCUT2D eigenvalue weighted by atomic mass is 10.2. The minimum Gasteiger partial charge on any atom is -0.494 e. The van der Waals surface area contributed by atoms with Gasteiger partial charge in [-0.1, -0.05) is 6.07 Å². The van der Waals surface area contributed by atoms with Gasteiger partial charge in [0.1, 0.15) is 5.75 Å². The van der Waals surface area contributed by atoms with Crippen LogP contribution in [0.3, 0.4) is 0 Å². The Balaban J connectivity index is 1.54. The van der Waals surface area contributed by atoms with Crippen molar-refractivity contribution in [3.8, 4) is 17.2 Å². The highest BCUT2D eigenvalue weighted by atomic mass is 16.5. The van der Waals surface area contributed by atoms with Gasteiger partial charge in [-0.15, -0.1) is 0 Å². The maximum absolute atomic E-state index is 12.2. The summed E-state index contributed by atoms with van der Waals surface area (Å²) in [4.78, 5) is 12.2. The Kier molecular flexibility index (Phi) is 7.00. The van der Waals surface area contributed by atoms with Crippen molar-refractivity contribution >= 4 is 11.7 Å². The van der Waals surface area contributed by atoms with E-state index in [0.717, 1.165) is 35.7 Å². The molecule has 1 saturated carbocycles. The van der Waals surface area contributed by atoms with E-state index in [9.17, 15) is 4.79 Å². The fourth-order valence-corrected chi connectivity index (χ4v) is 3.27. The van der Waals surface area contributed by atoms with E-state index in [0.29, 0.717) is 18.8 Å². The third kappa shape index (κ3) is 5.55. The molecule has 1 aliphatic carbocycles. The maximum Gasteiger partial charge on any atom is 0.319 e. The van der Waals surface area contributed by atoms with E-state index in [1.54, 1.807) is 7.11 Å². The van der Waals surface area contributed by atoms with Crippen molar-refractivity contribution in [2.24, 2.45) is 0 Å². The number of hydrogen-bond donors (Lipinski definition) is 2. The molecule has 0 spiro atoms. The lowest BCUT2D eigenvalue weighted by molar-refractivity contribution is 0.200. The lowest BCUT2D eigenvalue weighted by Crippen LogP contribution is -2.28. The van der Waals surface area contributed by atoms with Crippen molar-refractivity contribution in [2.75, 3.05) is 19.0 Å². The molecule has 2 amide bonds. The third-order valence-corrected chi connectivity index (χ3v) is 4.70. The first kappa shape index (κ1) is 19.9. The summed E-state index contributed by atoms with van der Waals surface area (Å²) in [5.74, 6) is 2.23. The van der Waals surface area contributed by atoms with E-state index in [1.165, 1.54) is 12.8 Å². The quantitative estimate of drug-likeness (QED) is 0.690. The molecule has 0 saturated heterocycles. The summed E-state index contributed by atoms with van der Waals surface area (Å²) in [7, 11) is 1.64. The van der Waals surface area contributed by atoms with Crippen LogP contribution in [0, 0.1) is 0 Å². The Morgan fingerprint density at radius 3 is 2.50 bits per heavy atom. The average molecular weight is 384 g/mol. The van der Waals surface area contributed by atoms with Gasteiger partial charge in [0.05, 0.1) is 19.8 Å². The second kappa shape index (κ2) is 9.88. The van der Waals surface area contributed by atoms with Crippen molar-refractivity contribution in [1.82, 2.24) is 5.32 Å². The number of amides is 2. The number of rotatable bonds is 8. The SMILES string of the molecule is CCOc1ccc(NC(=O)NCc2ccc(OC)c(OC3CCCC3)c2)cc1. The molecule has 0 unspecified atom stereocenters. The van der Waals surface area contributed by atoms with Crippen molar-refractivity contribution in [1.29, 1.82) is 0 Å². The van der Waals surface area contributed by atoms with Crippen molar-refractivity contribution in [3.63, 3.8) is 0 Å². The van der Waals surface area contributed by atoms with Gasteiger partial charge in [-0.25, -0.2) is 4.79 Å². The summed E-state index contributed by atoms with van der Waals surface area (Å²) in [6.45, 7) is 2.94. The number of ether oxygens (including phenoxy) is 3. The number of carbonyl (C=O) groups excluding carboxylic acids is 1. The minimum atomic E-state index is -0.266. The minimum absolute atomic E-state index is 0.250. The van der Waals surface area contributed by atoms with Crippen LogP contribution in [-0.4, -0.2) is 25.9 Å². The number of urea groups is 1. The first-order chi connectivity index (χ1) is 13.7. The van der Waals surface area contributed by atoms with E-state index >= 15 is 0 Å². The van der Waals surface area contributed by atoms with Gasteiger partial charge in [0, 0.05) is 12.2 Å². The molecule has 1 fully saturated rings.